The number of nitriles is 1. The molecule has 2 aromatic carbocycles. The summed E-state index contributed by atoms with van der Waals surface area (Å²) in [6.45, 7) is 6.18. The van der Waals surface area contributed by atoms with Gasteiger partial charge >= 0.3 is 0 Å². The monoisotopic (exact) mass is 287 g/mol. The van der Waals surface area contributed by atoms with E-state index >= 15 is 0 Å². The summed E-state index contributed by atoms with van der Waals surface area (Å²) in [5.74, 6) is 0.614. The van der Waals surface area contributed by atoms with Crippen molar-refractivity contribution in [2.24, 2.45) is 0 Å². The van der Waals surface area contributed by atoms with Crippen molar-refractivity contribution in [3.05, 3.63) is 64.5 Å². The number of allylic oxidation sites excluding steroid dienone is 1. The summed E-state index contributed by atoms with van der Waals surface area (Å²) in [4.78, 5) is 7.80. The van der Waals surface area contributed by atoms with Gasteiger partial charge in [0.15, 0.2) is 0 Å². The second-order valence-corrected chi connectivity index (χ2v) is 5.62. The summed E-state index contributed by atoms with van der Waals surface area (Å²) < 4.78 is 0. The average Bonchev–Trinajstić information content (AvgIpc) is 2.89. The fourth-order valence-electron chi connectivity index (χ4n) is 2.38. The number of hydrogen-bond acceptors (Lipinski definition) is 2. The third kappa shape index (κ3) is 2.64. The second-order valence-electron chi connectivity index (χ2n) is 5.62. The molecule has 0 unspecified atom stereocenters. The molecular formula is C19H17N3. The van der Waals surface area contributed by atoms with Crippen LogP contribution in [0.15, 0.2) is 36.4 Å². The van der Waals surface area contributed by atoms with Crippen LogP contribution in [0.1, 0.15) is 28.1 Å². The molecule has 0 radical (unpaired) electrons. The lowest BCUT2D eigenvalue weighted by atomic mass is 10.1. The van der Waals surface area contributed by atoms with Crippen molar-refractivity contribution in [1.82, 2.24) is 9.97 Å². The van der Waals surface area contributed by atoms with Gasteiger partial charge < -0.3 is 4.98 Å². The molecule has 22 heavy (non-hydrogen) atoms. The second kappa shape index (κ2) is 5.50. The van der Waals surface area contributed by atoms with Crippen LogP contribution in [0.5, 0.6) is 0 Å². The standard InChI is InChI=1S/C19H17N3/c1-12-4-6-15(7-5-12)10-16(11-20)19-21-17-8-13(2)14(3)9-18(17)22-19/h4-10H,1-3H3,(H,21,22)/b16-10-. The number of H-pyrrole nitrogens is 1. The predicted molar refractivity (Wildman–Crippen MR) is 90.2 cm³/mol. The molecule has 3 nitrogen and oxygen atoms in total. The molecule has 0 aliphatic heterocycles. The van der Waals surface area contributed by atoms with Crippen molar-refractivity contribution >= 4 is 22.7 Å². The fourth-order valence-corrected chi connectivity index (χ4v) is 2.38. The molecule has 0 atom stereocenters. The Kier molecular flexibility index (Phi) is 3.52. The summed E-state index contributed by atoms with van der Waals surface area (Å²) in [5, 5.41) is 9.45. The number of aromatic nitrogens is 2. The highest BCUT2D eigenvalue weighted by Gasteiger charge is 2.09. The van der Waals surface area contributed by atoms with E-state index in [1.807, 2.05) is 43.3 Å². The smallest absolute Gasteiger partial charge is 0.149 e. The number of fused-ring (bicyclic) bond motifs is 1. The highest BCUT2D eigenvalue weighted by molar-refractivity contribution is 5.90. The average molecular weight is 287 g/mol. The number of hydrogen-bond donors (Lipinski definition) is 1. The van der Waals surface area contributed by atoms with Crippen LogP contribution in [0.2, 0.25) is 0 Å². The van der Waals surface area contributed by atoms with Gasteiger partial charge in [0.2, 0.25) is 0 Å². The van der Waals surface area contributed by atoms with Crippen LogP contribution in [-0.4, -0.2) is 9.97 Å². The molecule has 3 heteroatoms. The minimum Gasteiger partial charge on any atom is -0.337 e. The summed E-state index contributed by atoms with van der Waals surface area (Å²) in [6.07, 6.45) is 1.86. The topological polar surface area (TPSA) is 52.5 Å². The molecule has 0 spiro atoms. The van der Waals surface area contributed by atoms with Crippen LogP contribution in [-0.2, 0) is 0 Å². The van der Waals surface area contributed by atoms with E-state index in [4.69, 9.17) is 0 Å². The van der Waals surface area contributed by atoms with Crippen molar-refractivity contribution in [1.29, 1.82) is 5.26 Å². The van der Waals surface area contributed by atoms with Gasteiger partial charge in [0.25, 0.3) is 0 Å². The van der Waals surface area contributed by atoms with Gasteiger partial charge in [-0.05, 0) is 55.7 Å². The zero-order valence-corrected chi connectivity index (χ0v) is 12.9. The minimum absolute atomic E-state index is 0.537. The number of aryl methyl sites for hydroxylation is 3. The third-order valence-electron chi connectivity index (χ3n) is 3.86. The zero-order valence-electron chi connectivity index (χ0n) is 12.9. The van der Waals surface area contributed by atoms with Crippen molar-refractivity contribution < 1.29 is 0 Å². The molecule has 108 valence electrons. The van der Waals surface area contributed by atoms with Crippen LogP contribution < -0.4 is 0 Å². The first-order valence-electron chi connectivity index (χ1n) is 7.22. The van der Waals surface area contributed by atoms with E-state index in [1.54, 1.807) is 0 Å². The number of imidazole rings is 1. The van der Waals surface area contributed by atoms with E-state index in [0.29, 0.717) is 11.4 Å². The van der Waals surface area contributed by atoms with Crippen LogP contribution >= 0.6 is 0 Å². The quantitative estimate of drug-likeness (QED) is 0.703. The molecule has 3 rings (SSSR count). The molecular weight excluding hydrogens is 270 g/mol. The minimum atomic E-state index is 0.537. The van der Waals surface area contributed by atoms with Gasteiger partial charge in [-0.1, -0.05) is 29.8 Å². The van der Waals surface area contributed by atoms with Gasteiger partial charge in [-0.15, -0.1) is 0 Å². The molecule has 0 fully saturated rings. The summed E-state index contributed by atoms with van der Waals surface area (Å²) in [7, 11) is 0. The molecule has 0 saturated carbocycles. The van der Waals surface area contributed by atoms with E-state index in [0.717, 1.165) is 16.6 Å². The molecule has 0 amide bonds. The van der Waals surface area contributed by atoms with Gasteiger partial charge in [-0.3, -0.25) is 0 Å². The van der Waals surface area contributed by atoms with Gasteiger partial charge in [-0.2, -0.15) is 5.26 Å². The first-order valence-corrected chi connectivity index (χ1v) is 7.22. The number of benzene rings is 2. The summed E-state index contributed by atoms with van der Waals surface area (Å²) >= 11 is 0. The highest BCUT2D eigenvalue weighted by Crippen LogP contribution is 2.22. The molecule has 1 aromatic heterocycles. The van der Waals surface area contributed by atoms with Crippen molar-refractivity contribution in [2.75, 3.05) is 0 Å². The van der Waals surface area contributed by atoms with E-state index < -0.39 is 0 Å². The van der Waals surface area contributed by atoms with E-state index in [9.17, 15) is 5.26 Å². The zero-order chi connectivity index (χ0) is 15.7. The molecule has 0 saturated heterocycles. The molecule has 0 aliphatic rings. The first kappa shape index (κ1) is 14.1. The Bertz CT molecular complexity index is 867. The Balaban J connectivity index is 2.07. The summed E-state index contributed by atoms with van der Waals surface area (Å²) in [6, 6.07) is 14.4. The van der Waals surface area contributed by atoms with Gasteiger partial charge in [0.05, 0.1) is 16.6 Å². The Hall–Kier alpha value is -2.86. The Morgan fingerprint density at radius 2 is 1.77 bits per heavy atom. The largest absolute Gasteiger partial charge is 0.337 e. The van der Waals surface area contributed by atoms with Gasteiger partial charge in [0.1, 0.15) is 11.9 Å². The Morgan fingerprint density at radius 3 is 2.45 bits per heavy atom. The van der Waals surface area contributed by atoms with Crippen molar-refractivity contribution in [2.45, 2.75) is 20.8 Å². The van der Waals surface area contributed by atoms with Crippen molar-refractivity contribution in [3.63, 3.8) is 0 Å². The number of nitrogens with zero attached hydrogens (tertiary/aromatic N) is 2. The Morgan fingerprint density at radius 1 is 1.09 bits per heavy atom. The molecule has 0 bridgehead atoms. The fraction of sp³-hybridized carbons (Fsp3) is 0.158. The molecule has 3 aromatic rings. The van der Waals surface area contributed by atoms with E-state index in [2.05, 4.69) is 36.0 Å². The lowest BCUT2D eigenvalue weighted by molar-refractivity contribution is 1.27. The van der Waals surface area contributed by atoms with Crippen LogP contribution in [0.4, 0.5) is 0 Å². The lowest BCUT2D eigenvalue weighted by Crippen LogP contribution is -1.85. The Labute approximate surface area is 129 Å². The normalized spacial score (nSPS) is 11.6. The SMILES string of the molecule is Cc1ccc(/C=C(/C#N)c2nc3cc(C)c(C)cc3[nH]2)cc1. The first-order chi connectivity index (χ1) is 10.6. The maximum atomic E-state index is 9.45. The predicted octanol–water partition coefficient (Wildman–Crippen LogP) is 4.55. The molecule has 1 heterocycles. The molecule has 1 N–H and O–H groups in total. The number of rotatable bonds is 2. The maximum absolute atomic E-state index is 9.45. The third-order valence-corrected chi connectivity index (χ3v) is 3.86. The number of nitrogens with one attached hydrogen (secondary N) is 1. The lowest BCUT2D eigenvalue weighted by Gasteiger charge is -1.97. The van der Waals surface area contributed by atoms with E-state index in [-0.39, 0.29) is 0 Å². The molecule has 0 aliphatic carbocycles. The van der Waals surface area contributed by atoms with Crippen LogP contribution in [0, 0.1) is 32.1 Å². The van der Waals surface area contributed by atoms with Gasteiger partial charge in [-0.25, -0.2) is 4.98 Å². The van der Waals surface area contributed by atoms with Crippen molar-refractivity contribution in [3.8, 4) is 6.07 Å². The maximum Gasteiger partial charge on any atom is 0.149 e. The van der Waals surface area contributed by atoms with Crippen LogP contribution in [0.25, 0.3) is 22.7 Å². The van der Waals surface area contributed by atoms with Crippen LogP contribution in [0.3, 0.4) is 0 Å². The summed E-state index contributed by atoms with van der Waals surface area (Å²) in [5.41, 5.74) is 7.00. The number of aromatic amines is 1. The highest BCUT2D eigenvalue weighted by atomic mass is 14.9. The van der Waals surface area contributed by atoms with E-state index in [1.165, 1.54) is 16.7 Å². The van der Waals surface area contributed by atoms with Gasteiger partial charge in [0, 0.05) is 0 Å².